The van der Waals surface area contributed by atoms with Crippen LogP contribution in [0.5, 0.6) is 0 Å². The molecule has 0 aliphatic carbocycles. The molecule has 0 bridgehead atoms. The summed E-state index contributed by atoms with van der Waals surface area (Å²) in [7, 11) is 1.64. The second-order valence-corrected chi connectivity index (χ2v) is 9.40. The Morgan fingerprint density at radius 3 is 2.29 bits per heavy atom. The molecule has 4 amide bonds. The molecule has 0 saturated heterocycles. The maximum Gasteiger partial charge on any atom is 0.246 e. The Kier molecular flexibility index (Phi) is 18.3. The molecule has 1 aromatic carbocycles. The third-order valence-corrected chi connectivity index (χ3v) is 5.76. The van der Waals surface area contributed by atoms with Crippen molar-refractivity contribution in [2.24, 2.45) is 0 Å². The summed E-state index contributed by atoms with van der Waals surface area (Å²) in [5, 5.41) is 7.96. The van der Waals surface area contributed by atoms with Crippen LogP contribution in [0, 0.1) is 13.8 Å². The van der Waals surface area contributed by atoms with Crippen molar-refractivity contribution < 1.29 is 24.0 Å². The number of hydrogen-bond acceptors (Lipinski definition) is 6. The summed E-state index contributed by atoms with van der Waals surface area (Å²) in [5.41, 5.74) is 3.70. The van der Waals surface area contributed by atoms with Gasteiger partial charge in [-0.05, 0) is 62.4 Å². The van der Waals surface area contributed by atoms with Crippen LogP contribution in [0.2, 0.25) is 0 Å². The molecule has 0 fully saturated rings. The van der Waals surface area contributed by atoms with E-state index in [1.807, 2.05) is 26.0 Å². The smallest absolute Gasteiger partial charge is 0.246 e. The minimum atomic E-state index is -0.773. The minimum absolute atomic E-state index is 0.217. The number of unbranched alkanes of at least 4 members (excludes halogenated alkanes) is 2. The number of carbonyl (C=O) groups excluding carboxylic acids is 5. The molecule has 0 radical (unpaired) electrons. The van der Waals surface area contributed by atoms with Crippen molar-refractivity contribution in [1.82, 2.24) is 15.5 Å². The van der Waals surface area contributed by atoms with Gasteiger partial charge in [0.05, 0.1) is 6.54 Å². The highest BCUT2D eigenvalue weighted by atomic mass is 32.1. The van der Waals surface area contributed by atoms with E-state index in [-0.39, 0.29) is 30.7 Å². The van der Waals surface area contributed by atoms with E-state index in [9.17, 15) is 24.0 Å². The van der Waals surface area contributed by atoms with Gasteiger partial charge < -0.3 is 20.9 Å². The monoisotopic (exact) mass is 548 g/mol. The van der Waals surface area contributed by atoms with Gasteiger partial charge >= 0.3 is 0 Å². The number of nitrogens with one attached hydrogen (secondary N) is 3. The van der Waals surface area contributed by atoms with Crippen LogP contribution in [0.25, 0.3) is 0 Å². The molecule has 1 unspecified atom stereocenters. The van der Waals surface area contributed by atoms with Gasteiger partial charge in [0.15, 0.2) is 0 Å². The van der Waals surface area contributed by atoms with Crippen molar-refractivity contribution >= 4 is 48.2 Å². The molecule has 10 heteroatoms. The molecule has 3 N–H and O–H groups in total. The van der Waals surface area contributed by atoms with Crippen LogP contribution < -0.4 is 16.0 Å². The first-order chi connectivity index (χ1) is 18.0. The predicted molar refractivity (Wildman–Crippen MR) is 155 cm³/mol. The summed E-state index contributed by atoms with van der Waals surface area (Å²) in [6, 6.07) is 3.08. The predicted octanol–water partition coefficient (Wildman–Crippen LogP) is 3.48. The minimum Gasteiger partial charge on any atom is -0.347 e. The third-order valence-electron chi connectivity index (χ3n) is 5.42. The Morgan fingerprint density at radius 2 is 1.68 bits per heavy atom. The average Bonchev–Trinajstić information content (AvgIpc) is 2.87. The molecule has 0 spiro atoms. The van der Waals surface area contributed by atoms with E-state index in [0.717, 1.165) is 29.2 Å². The fraction of sp³-hybridized carbons (Fsp3) is 0.536. The maximum atomic E-state index is 12.5. The number of nitrogens with zero attached hydrogens (tertiary/aromatic N) is 1. The number of allylic oxidation sites excluding steroid dienone is 1. The number of benzene rings is 1. The zero-order valence-corrected chi connectivity index (χ0v) is 24.5. The first-order valence-electron chi connectivity index (χ1n) is 12.9. The molecule has 0 aliphatic rings. The van der Waals surface area contributed by atoms with E-state index in [1.54, 1.807) is 14.0 Å². The fourth-order valence-electron chi connectivity index (χ4n) is 3.22. The Morgan fingerprint density at radius 1 is 1.03 bits per heavy atom. The third kappa shape index (κ3) is 14.6. The lowest BCUT2D eigenvalue weighted by Gasteiger charge is -2.17. The van der Waals surface area contributed by atoms with Crippen molar-refractivity contribution in [3.05, 3.63) is 41.0 Å². The SMILES string of the molecule is CCC.Cc1cc(NC(=O)C(C)NC(=O)CNC(=O)CCCCCN(C)C(=O)/C=C\C=O)c(C)cc1CS. The number of aldehydes is 1. The van der Waals surface area contributed by atoms with Gasteiger partial charge in [-0.1, -0.05) is 32.8 Å². The van der Waals surface area contributed by atoms with E-state index in [2.05, 4.69) is 42.4 Å². The highest BCUT2D eigenvalue weighted by molar-refractivity contribution is 7.79. The highest BCUT2D eigenvalue weighted by Crippen LogP contribution is 2.22. The van der Waals surface area contributed by atoms with Crippen LogP contribution in [0.3, 0.4) is 0 Å². The quantitative estimate of drug-likeness (QED) is 0.123. The molecular formula is C28H44N4O5S. The number of hydrogen-bond donors (Lipinski definition) is 4. The number of amides is 4. The summed E-state index contributed by atoms with van der Waals surface area (Å²) < 4.78 is 0. The van der Waals surface area contributed by atoms with E-state index in [4.69, 9.17) is 0 Å². The summed E-state index contributed by atoms with van der Waals surface area (Å²) >= 11 is 4.30. The van der Waals surface area contributed by atoms with Crippen LogP contribution in [-0.4, -0.2) is 61.0 Å². The Labute approximate surface area is 232 Å². The molecule has 1 atom stereocenters. The fourth-order valence-corrected chi connectivity index (χ4v) is 3.56. The number of likely N-dealkylation sites (N-methyl/N-ethyl adjacent to an activating group) is 1. The van der Waals surface area contributed by atoms with Crippen LogP contribution in [-0.2, 0) is 29.7 Å². The molecule has 212 valence electrons. The van der Waals surface area contributed by atoms with E-state index in [1.165, 1.54) is 17.4 Å². The topological polar surface area (TPSA) is 125 Å². The first kappa shape index (κ1) is 34.9. The summed E-state index contributed by atoms with van der Waals surface area (Å²) in [4.78, 5) is 60.0. The van der Waals surface area contributed by atoms with E-state index in [0.29, 0.717) is 37.1 Å². The number of carbonyl (C=O) groups is 5. The summed E-state index contributed by atoms with van der Waals surface area (Å²) in [6.07, 6.45) is 6.48. The van der Waals surface area contributed by atoms with Crippen molar-refractivity contribution in [3.63, 3.8) is 0 Å². The second-order valence-electron chi connectivity index (χ2n) is 9.08. The molecule has 0 aliphatic heterocycles. The van der Waals surface area contributed by atoms with Crippen LogP contribution in [0.1, 0.15) is 69.6 Å². The second kappa shape index (κ2) is 19.9. The van der Waals surface area contributed by atoms with Crippen LogP contribution in [0.15, 0.2) is 24.3 Å². The van der Waals surface area contributed by atoms with E-state index >= 15 is 0 Å². The van der Waals surface area contributed by atoms with Crippen molar-refractivity contribution in [1.29, 1.82) is 0 Å². The Balaban J connectivity index is 0.00000434. The standard InChI is InChI=1S/C25H36N4O5S.C3H8/c1-17-14-21(18(2)13-20(17)16-35)28-25(34)19(3)27-23(32)15-26-22(31)9-6-5-7-11-29(4)24(33)10-8-12-30;1-3-2/h8,10,12-14,19,35H,5-7,9,11,15-16H2,1-4H3,(H,26,31)(H,27,32)(H,28,34);3H2,1-2H3/b10-8-;. The van der Waals surface area contributed by atoms with Crippen molar-refractivity contribution in [2.75, 3.05) is 25.5 Å². The molecule has 0 aromatic heterocycles. The summed E-state index contributed by atoms with van der Waals surface area (Å²) in [5.74, 6) is -0.705. The maximum absolute atomic E-state index is 12.5. The summed E-state index contributed by atoms with van der Waals surface area (Å²) in [6.45, 7) is 9.97. The lowest BCUT2D eigenvalue weighted by atomic mass is 10.0. The largest absolute Gasteiger partial charge is 0.347 e. The van der Waals surface area contributed by atoms with Gasteiger partial charge in [-0.15, -0.1) is 0 Å². The van der Waals surface area contributed by atoms with Crippen molar-refractivity contribution in [2.45, 2.75) is 78.5 Å². The number of rotatable bonds is 14. The van der Waals surface area contributed by atoms with Crippen LogP contribution >= 0.6 is 12.6 Å². The van der Waals surface area contributed by atoms with Gasteiger partial charge in [-0.2, -0.15) is 12.6 Å². The zero-order chi connectivity index (χ0) is 29.1. The molecule has 9 nitrogen and oxygen atoms in total. The average molecular weight is 549 g/mol. The van der Waals surface area contributed by atoms with Crippen molar-refractivity contribution in [3.8, 4) is 0 Å². The normalized spacial score (nSPS) is 11.1. The molecule has 0 saturated carbocycles. The van der Waals surface area contributed by atoms with Crippen LogP contribution in [0.4, 0.5) is 5.69 Å². The lowest BCUT2D eigenvalue weighted by Crippen LogP contribution is -2.45. The Hall–Kier alpha value is -3.14. The number of thiol groups is 1. The van der Waals surface area contributed by atoms with Gasteiger partial charge in [0.25, 0.3) is 0 Å². The van der Waals surface area contributed by atoms with Gasteiger partial charge in [0, 0.05) is 37.5 Å². The van der Waals surface area contributed by atoms with Gasteiger partial charge in [-0.25, -0.2) is 0 Å². The highest BCUT2D eigenvalue weighted by Gasteiger charge is 2.17. The molecule has 38 heavy (non-hydrogen) atoms. The van der Waals surface area contributed by atoms with Gasteiger partial charge in [0.1, 0.15) is 12.3 Å². The zero-order valence-electron chi connectivity index (χ0n) is 23.6. The molecule has 1 aromatic rings. The Bertz CT molecular complexity index is 965. The number of anilines is 1. The first-order valence-corrected chi connectivity index (χ1v) is 13.6. The van der Waals surface area contributed by atoms with Gasteiger partial charge in [-0.3, -0.25) is 24.0 Å². The lowest BCUT2D eigenvalue weighted by molar-refractivity contribution is -0.128. The molecule has 1 rings (SSSR count). The molecule has 0 heterocycles. The van der Waals surface area contributed by atoms with Gasteiger partial charge in [0.2, 0.25) is 23.6 Å². The number of aryl methyl sites for hydroxylation is 2. The van der Waals surface area contributed by atoms with E-state index < -0.39 is 11.9 Å². The molecular weight excluding hydrogens is 504 g/mol.